The third kappa shape index (κ3) is 5.19. The topological polar surface area (TPSA) is 117 Å². The summed E-state index contributed by atoms with van der Waals surface area (Å²) in [6.45, 7) is 0. The summed E-state index contributed by atoms with van der Waals surface area (Å²) in [5.41, 5.74) is 3.34. The van der Waals surface area contributed by atoms with Crippen LogP contribution in [0.2, 0.25) is 0 Å². The van der Waals surface area contributed by atoms with E-state index in [0.29, 0.717) is 21.3 Å². The van der Waals surface area contributed by atoms with E-state index in [-0.39, 0.29) is 18.1 Å². The van der Waals surface area contributed by atoms with Crippen LogP contribution in [0.15, 0.2) is 59.7 Å². The molecule has 2 amide bonds. The number of nitrogens with one attached hydrogen (secondary N) is 2. The number of benzene rings is 2. The molecule has 0 atom stereocenters. The van der Waals surface area contributed by atoms with E-state index in [2.05, 4.69) is 26.0 Å². The highest BCUT2D eigenvalue weighted by atomic mass is 32.1. The molecule has 9 heteroatoms. The minimum absolute atomic E-state index is 0.0308. The maximum Gasteiger partial charge on any atom is 0.257 e. The van der Waals surface area contributed by atoms with Crippen molar-refractivity contribution in [3.63, 3.8) is 0 Å². The molecule has 0 saturated carbocycles. The number of anilines is 1. The number of phenolic OH excluding ortho intramolecular Hbond substituents is 1. The van der Waals surface area contributed by atoms with Crippen LogP contribution in [0.5, 0.6) is 5.75 Å². The first-order valence-corrected chi connectivity index (χ1v) is 8.72. The number of rotatable bonds is 6. The lowest BCUT2D eigenvalue weighted by atomic mass is 10.2. The number of carbonyl (C=O) groups is 2. The van der Waals surface area contributed by atoms with Gasteiger partial charge in [-0.25, -0.2) is 5.43 Å². The average molecular weight is 381 g/mol. The zero-order valence-corrected chi connectivity index (χ0v) is 14.8. The molecular weight excluding hydrogens is 366 g/mol. The van der Waals surface area contributed by atoms with Gasteiger partial charge in [-0.2, -0.15) is 5.10 Å². The molecule has 0 fully saturated rings. The molecule has 2 aromatic carbocycles. The second-order valence-corrected chi connectivity index (χ2v) is 6.41. The Labute approximate surface area is 158 Å². The van der Waals surface area contributed by atoms with E-state index >= 15 is 0 Å². The van der Waals surface area contributed by atoms with Gasteiger partial charge in [0.05, 0.1) is 12.6 Å². The summed E-state index contributed by atoms with van der Waals surface area (Å²) < 4.78 is 0. The second kappa shape index (κ2) is 8.68. The number of amides is 2. The van der Waals surface area contributed by atoms with Crippen LogP contribution in [0.25, 0.3) is 0 Å². The molecule has 1 heterocycles. The fourth-order valence-corrected chi connectivity index (χ4v) is 2.82. The van der Waals surface area contributed by atoms with Crippen LogP contribution < -0.4 is 10.7 Å². The fourth-order valence-electron chi connectivity index (χ4n) is 2.08. The van der Waals surface area contributed by atoms with Gasteiger partial charge in [0.1, 0.15) is 10.8 Å². The summed E-state index contributed by atoms with van der Waals surface area (Å²) in [5, 5.41) is 24.5. The van der Waals surface area contributed by atoms with E-state index in [1.165, 1.54) is 12.3 Å². The number of phenols is 1. The number of hydrogen-bond acceptors (Lipinski definition) is 7. The first kappa shape index (κ1) is 18.2. The Kier molecular flexibility index (Phi) is 5.85. The van der Waals surface area contributed by atoms with Crippen molar-refractivity contribution >= 4 is 34.5 Å². The molecule has 27 heavy (non-hydrogen) atoms. The Morgan fingerprint density at radius 3 is 2.59 bits per heavy atom. The monoisotopic (exact) mass is 381 g/mol. The minimum atomic E-state index is -0.390. The zero-order chi connectivity index (χ0) is 19.1. The molecule has 3 rings (SSSR count). The molecule has 0 aliphatic heterocycles. The van der Waals surface area contributed by atoms with Crippen LogP contribution in [0, 0.1) is 0 Å². The molecule has 0 unspecified atom stereocenters. The average Bonchev–Trinajstić information content (AvgIpc) is 3.10. The van der Waals surface area contributed by atoms with Gasteiger partial charge in [0.25, 0.3) is 5.91 Å². The summed E-state index contributed by atoms with van der Waals surface area (Å²) in [4.78, 5) is 24.0. The molecule has 136 valence electrons. The second-order valence-electron chi connectivity index (χ2n) is 5.35. The number of aromatic nitrogens is 2. The fraction of sp³-hybridized carbons (Fsp3) is 0.0556. The van der Waals surface area contributed by atoms with Crippen LogP contribution in [-0.2, 0) is 11.2 Å². The molecule has 0 spiro atoms. The van der Waals surface area contributed by atoms with Crippen molar-refractivity contribution in [3.05, 3.63) is 70.7 Å². The van der Waals surface area contributed by atoms with Crippen LogP contribution in [0.3, 0.4) is 0 Å². The van der Waals surface area contributed by atoms with Gasteiger partial charge in [-0.15, -0.1) is 10.2 Å². The lowest BCUT2D eigenvalue weighted by Gasteiger charge is -2.00. The van der Waals surface area contributed by atoms with Crippen LogP contribution in [-0.4, -0.2) is 33.3 Å². The van der Waals surface area contributed by atoms with Gasteiger partial charge in [0, 0.05) is 11.1 Å². The Morgan fingerprint density at radius 2 is 1.81 bits per heavy atom. The molecule has 1 aromatic heterocycles. The zero-order valence-electron chi connectivity index (χ0n) is 14.0. The van der Waals surface area contributed by atoms with Gasteiger partial charge in [0.2, 0.25) is 11.0 Å². The summed E-state index contributed by atoms with van der Waals surface area (Å²) in [6, 6.07) is 15.3. The van der Waals surface area contributed by atoms with E-state index in [1.807, 2.05) is 6.07 Å². The highest BCUT2D eigenvalue weighted by Gasteiger charge is 2.12. The molecule has 0 bridgehead atoms. The number of carbonyl (C=O) groups excluding carboxylic acids is 2. The largest absolute Gasteiger partial charge is 0.507 e. The summed E-state index contributed by atoms with van der Waals surface area (Å²) in [5.74, 6) is -0.618. The Morgan fingerprint density at radius 1 is 1.07 bits per heavy atom. The maximum absolute atomic E-state index is 12.1. The highest BCUT2D eigenvalue weighted by molar-refractivity contribution is 7.15. The van der Waals surface area contributed by atoms with Crippen molar-refractivity contribution in [2.45, 2.75) is 6.42 Å². The summed E-state index contributed by atoms with van der Waals surface area (Å²) >= 11 is 1.11. The van der Waals surface area contributed by atoms with E-state index in [0.717, 1.165) is 11.3 Å². The SMILES string of the molecule is O=C(Cc1nnc(NC(=O)c2ccccc2)s1)N/N=C/c1ccccc1O. The van der Waals surface area contributed by atoms with Crippen molar-refractivity contribution < 1.29 is 14.7 Å². The molecule has 0 aliphatic carbocycles. The van der Waals surface area contributed by atoms with Gasteiger partial charge in [-0.3, -0.25) is 14.9 Å². The van der Waals surface area contributed by atoms with Gasteiger partial charge >= 0.3 is 0 Å². The molecule has 0 saturated heterocycles. The lowest BCUT2D eigenvalue weighted by molar-refractivity contribution is -0.120. The smallest absolute Gasteiger partial charge is 0.257 e. The standard InChI is InChI=1S/C18H15N5O3S/c24-14-9-5-4-8-13(14)11-19-21-15(25)10-16-22-23-18(27-16)20-17(26)12-6-2-1-3-7-12/h1-9,11,24H,10H2,(H,21,25)(H,20,23,26)/b19-11+. The molecule has 0 radical (unpaired) electrons. The van der Waals surface area contributed by atoms with Crippen molar-refractivity contribution in [2.24, 2.45) is 5.10 Å². The molecular formula is C18H15N5O3S. The highest BCUT2D eigenvalue weighted by Crippen LogP contribution is 2.17. The first-order chi connectivity index (χ1) is 13.1. The summed E-state index contributed by atoms with van der Waals surface area (Å²) in [6.07, 6.45) is 1.32. The number of hydrazone groups is 1. The summed E-state index contributed by atoms with van der Waals surface area (Å²) in [7, 11) is 0. The Bertz CT molecular complexity index is 972. The number of para-hydroxylation sites is 1. The van der Waals surface area contributed by atoms with Gasteiger partial charge in [-0.1, -0.05) is 41.7 Å². The number of aromatic hydroxyl groups is 1. The van der Waals surface area contributed by atoms with Crippen LogP contribution in [0.1, 0.15) is 20.9 Å². The van der Waals surface area contributed by atoms with E-state index < -0.39 is 5.91 Å². The minimum Gasteiger partial charge on any atom is -0.507 e. The number of hydrogen-bond donors (Lipinski definition) is 3. The predicted molar refractivity (Wildman–Crippen MR) is 102 cm³/mol. The first-order valence-electron chi connectivity index (χ1n) is 7.90. The maximum atomic E-state index is 12.1. The molecule has 3 aromatic rings. The van der Waals surface area contributed by atoms with Gasteiger partial charge in [0.15, 0.2) is 0 Å². The van der Waals surface area contributed by atoms with E-state index in [4.69, 9.17) is 0 Å². The van der Waals surface area contributed by atoms with Crippen molar-refractivity contribution in [1.29, 1.82) is 0 Å². The van der Waals surface area contributed by atoms with Gasteiger partial charge < -0.3 is 5.11 Å². The third-order valence-electron chi connectivity index (χ3n) is 3.36. The Balaban J connectivity index is 1.52. The van der Waals surface area contributed by atoms with Crippen molar-refractivity contribution in [1.82, 2.24) is 15.6 Å². The molecule has 3 N–H and O–H groups in total. The van der Waals surface area contributed by atoms with E-state index in [1.54, 1.807) is 42.5 Å². The van der Waals surface area contributed by atoms with Crippen molar-refractivity contribution in [2.75, 3.05) is 5.32 Å². The van der Waals surface area contributed by atoms with Crippen LogP contribution >= 0.6 is 11.3 Å². The van der Waals surface area contributed by atoms with Crippen LogP contribution in [0.4, 0.5) is 5.13 Å². The van der Waals surface area contributed by atoms with Gasteiger partial charge in [-0.05, 0) is 24.3 Å². The Hall–Kier alpha value is -3.59. The molecule has 8 nitrogen and oxygen atoms in total. The third-order valence-corrected chi connectivity index (χ3v) is 4.20. The normalized spacial score (nSPS) is 10.7. The number of nitrogens with zero attached hydrogens (tertiary/aromatic N) is 3. The predicted octanol–water partition coefficient (Wildman–Crippen LogP) is 2.19. The quantitative estimate of drug-likeness (QED) is 0.447. The lowest BCUT2D eigenvalue weighted by Crippen LogP contribution is -2.19. The van der Waals surface area contributed by atoms with Crippen molar-refractivity contribution in [3.8, 4) is 5.75 Å². The van der Waals surface area contributed by atoms with E-state index in [9.17, 15) is 14.7 Å². The molecule has 0 aliphatic rings.